The average Bonchev–Trinajstić information content (AvgIpc) is 2.60. The van der Waals surface area contributed by atoms with Gasteiger partial charge in [-0.2, -0.15) is 0 Å². The van der Waals surface area contributed by atoms with Crippen LogP contribution in [0.1, 0.15) is 47.2 Å². The maximum Gasteiger partial charge on any atom is 0.0948 e. The maximum absolute atomic E-state index is 4.26. The highest BCUT2D eigenvalue weighted by Gasteiger charge is 2.20. The van der Waals surface area contributed by atoms with E-state index in [1.54, 1.807) is 0 Å². The number of nitrogens with one attached hydrogen (secondary N) is 1. The molecule has 1 unspecified atom stereocenters. The van der Waals surface area contributed by atoms with Gasteiger partial charge in [-0.15, -0.1) is 0 Å². The molecule has 1 aromatic heterocycles. The average molecular weight is 237 g/mol. The first-order valence-electron chi connectivity index (χ1n) is 6.53. The van der Waals surface area contributed by atoms with Gasteiger partial charge in [0.05, 0.1) is 12.0 Å². The SMILES string of the molecule is CC(C)NCc1cncn1CC(C)C(C)(C)C. The summed E-state index contributed by atoms with van der Waals surface area (Å²) in [6.45, 7) is 15.5. The number of rotatable bonds is 5. The molecule has 0 radical (unpaired) electrons. The van der Waals surface area contributed by atoms with E-state index < -0.39 is 0 Å². The van der Waals surface area contributed by atoms with Crippen LogP contribution in [-0.4, -0.2) is 15.6 Å². The Morgan fingerprint density at radius 3 is 2.47 bits per heavy atom. The third kappa shape index (κ3) is 4.50. The van der Waals surface area contributed by atoms with Crippen LogP contribution in [0.15, 0.2) is 12.5 Å². The van der Waals surface area contributed by atoms with Crippen molar-refractivity contribution in [3.8, 4) is 0 Å². The Kier molecular flexibility index (Phi) is 4.75. The summed E-state index contributed by atoms with van der Waals surface area (Å²) in [6, 6.07) is 0.512. The summed E-state index contributed by atoms with van der Waals surface area (Å²) in [7, 11) is 0. The summed E-state index contributed by atoms with van der Waals surface area (Å²) in [5.41, 5.74) is 1.61. The van der Waals surface area contributed by atoms with Gasteiger partial charge in [0.25, 0.3) is 0 Å². The molecule has 0 bridgehead atoms. The fourth-order valence-electron chi connectivity index (χ4n) is 1.54. The van der Waals surface area contributed by atoms with Crippen LogP contribution in [0, 0.1) is 11.3 Å². The molecule has 3 heteroatoms. The number of aromatic nitrogens is 2. The van der Waals surface area contributed by atoms with Gasteiger partial charge in [0, 0.05) is 25.3 Å². The molecule has 1 heterocycles. The summed E-state index contributed by atoms with van der Waals surface area (Å²) >= 11 is 0. The number of imidazole rings is 1. The Hall–Kier alpha value is -0.830. The lowest BCUT2D eigenvalue weighted by Gasteiger charge is -2.28. The van der Waals surface area contributed by atoms with E-state index in [0.29, 0.717) is 17.4 Å². The fourth-order valence-corrected chi connectivity index (χ4v) is 1.54. The maximum atomic E-state index is 4.26. The molecule has 1 rings (SSSR count). The molecule has 98 valence electrons. The second kappa shape index (κ2) is 5.67. The van der Waals surface area contributed by atoms with E-state index in [9.17, 15) is 0 Å². The molecule has 1 atom stereocenters. The largest absolute Gasteiger partial charge is 0.333 e. The van der Waals surface area contributed by atoms with Crippen molar-refractivity contribution < 1.29 is 0 Å². The molecule has 0 aliphatic rings. The highest BCUT2D eigenvalue weighted by atomic mass is 15.1. The fraction of sp³-hybridized carbons (Fsp3) is 0.786. The standard InChI is InChI=1S/C14H27N3/c1-11(2)16-8-13-7-15-10-17(13)9-12(3)14(4,5)6/h7,10-12,16H,8-9H2,1-6H3. The van der Waals surface area contributed by atoms with E-state index in [0.717, 1.165) is 13.1 Å². The van der Waals surface area contributed by atoms with E-state index in [-0.39, 0.29) is 0 Å². The number of nitrogens with zero attached hydrogens (tertiary/aromatic N) is 2. The van der Waals surface area contributed by atoms with Crippen LogP contribution >= 0.6 is 0 Å². The van der Waals surface area contributed by atoms with Gasteiger partial charge >= 0.3 is 0 Å². The van der Waals surface area contributed by atoms with Crippen molar-refractivity contribution in [2.75, 3.05) is 0 Å². The molecule has 0 aromatic carbocycles. The molecule has 0 aliphatic heterocycles. The predicted octanol–water partition coefficient (Wildman–Crippen LogP) is 3.06. The highest BCUT2D eigenvalue weighted by Crippen LogP contribution is 2.26. The smallest absolute Gasteiger partial charge is 0.0948 e. The van der Waals surface area contributed by atoms with Gasteiger partial charge in [-0.25, -0.2) is 4.98 Å². The summed E-state index contributed by atoms with van der Waals surface area (Å²) in [4.78, 5) is 4.26. The summed E-state index contributed by atoms with van der Waals surface area (Å²) < 4.78 is 2.27. The second-order valence-corrected chi connectivity index (χ2v) is 6.34. The first-order chi connectivity index (χ1) is 7.80. The lowest BCUT2D eigenvalue weighted by atomic mass is 9.82. The van der Waals surface area contributed by atoms with E-state index >= 15 is 0 Å². The van der Waals surface area contributed by atoms with Gasteiger partial charge in [0.2, 0.25) is 0 Å². The Morgan fingerprint density at radius 1 is 1.29 bits per heavy atom. The van der Waals surface area contributed by atoms with Crippen molar-refractivity contribution in [3.63, 3.8) is 0 Å². The normalized spacial score (nSPS) is 14.3. The van der Waals surface area contributed by atoms with E-state index in [4.69, 9.17) is 0 Å². The second-order valence-electron chi connectivity index (χ2n) is 6.34. The topological polar surface area (TPSA) is 29.9 Å². The van der Waals surface area contributed by atoms with E-state index in [1.165, 1.54) is 5.69 Å². The van der Waals surface area contributed by atoms with Crippen LogP contribution in [-0.2, 0) is 13.1 Å². The van der Waals surface area contributed by atoms with Gasteiger partial charge in [0.1, 0.15) is 0 Å². The zero-order valence-electron chi connectivity index (χ0n) is 12.1. The van der Waals surface area contributed by atoms with Gasteiger partial charge in [-0.1, -0.05) is 41.5 Å². The van der Waals surface area contributed by atoms with Crippen molar-refractivity contribution in [1.82, 2.24) is 14.9 Å². The minimum atomic E-state index is 0.340. The molecule has 0 spiro atoms. The molecular formula is C14H27N3. The van der Waals surface area contributed by atoms with Crippen LogP contribution in [0.25, 0.3) is 0 Å². The molecular weight excluding hydrogens is 210 g/mol. The first kappa shape index (κ1) is 14.2. The van der Waals surface area contributed by atoms with Crippen molar-refractivity contribution in [3.05, 3.63) is 18.2 Å². The van der Waals surface area contributed by atoms with Crippen LogP contribution in [0.2, 0.25) is 0 Å². The molecule has 1 aromatic rings. The van der Waals surface area contributed by atoms with Crippen molar-refractivity contribution in [2.45, 2.75) is 60.7 Å². The first-order valence-corrected chi connectivity index (χ1v) is 6.53. The van der Waals surface area contributed by atoms with Gasteiger partial charge < -0.3 is 9.88 Å². The summed E-state index contributed by atoms with van der Waals surface area (Å²) in [5, 5.41) is 3.44. The van der Waals surface area contributed by atoms with E-state index in [1.807, 2.05) is 12.5 Å². The van der Waals surface area contributed by atoms with Crippen molar-refractivity contribution in [1.29, 1.82) is 0 Å². The van der Waals surface area contributed by atoms with Crippen molar-refractivity contribution in [2.24, 2.45) is 11.3 Å². The van der Waals surface area contributed by atoms with Crippen molar-refractivity contribution >= 4 is 0 Å². The Balaban J connectivity index is 2.63. The van der Waals surface area contributed by atoms with Crippen LogP contribution < -0.4 is 5.32 Å². The van der Waals surface area contributed by atoms with Crippen LogP contribution in [0.4, 0.5) is 0 Å². The molecule has 1 N–H and O–H groups in total. The summed E-state index contributed by atoms with van der Waals surface area (Å²) in [5.74, 6) is 0.634. The highest BCUT2D eigenvalue weighted by molar-refractivity contribution is 4.98. The monoisotopic (exact) mass is 237 g/mol. The zero-order valence-corrected chi connectivity index (χ0v) is 12.1. The van der Waals surface area contributed by atoms with Gasteiger partial charge in [-0.05, 0) is 11.3 Å². The third-order valence-electron chi connectivity index (χ3n) is 3.44. The molecule has 0 saturated heterocycles. The Morgan fingerprint density at radius 2 is 1.94 bits per heavy atom. The molecule has 0 amide bonds. The Labute approximate surface area is 106 Å². The molecule has 0 aliphatic carbocycles. The van der Waals surface area contributed by atoms with Crippen LogP contribution in [0.5, 0.6) is 0 Å². The molecule has 17 heavy (non-hydrogen) atoms. The quantitative estimate of drug-likeness (QED) is 0.853. The summed E-state index contributed by atoms with van der Waals surface area (Å²) in [6.07, 6.45) is 3.91. The lowest BCUT2D eigenvalue weighted by molar-refractivity contribution is 0.230. The zero-order chi connectivity index (χ0) is 13.1. The predicted molar refractivity (Wildman–Crippen MR) is 72.8 cm³/mol. The third-order valence-corrected chi connectivity index (χ3v) is 3.44. The lowest BCUT2D eigenvalue weighted by Crippen LogP contribution is -2.26. The minimum Gasteiger partial charge on any atom is -0.333 e. The Bertz CT molecular complexity index is 333. The van der Waals surface area contributed by atoms with Gasteiger partial charge in [0.15, 0.2) is 0 Å². The number of hydrogen-bond donors (Lipinski definition) is 1. The molecule has 3 nitrogen and oxygen atoms in total. The van der Waals surface area contributed by atoms with Gasteiger partial charge in [-0.3, -0.25) is 0 Å². The minimum absolute atomic E-state index is 0.340. The molecule has 0 saturated carbocycles. The van der Waals surface area contributed by atoms with Crippen LogP contribution in [0.3, 0.4) is 0 Å². The molecule has 0 fully saturated rings. The van der Waals surface area contributed by atoms with E-state index in [2.05, 4.69) is 56.4 Å². The number of hydrogen-bond acceptors (Lipinski definition) is 2.